The number of aliphatic hydroxyl groups is 1. The molecule has 0 spiro atoms. The summed E-state index contributed by atoms with van der Waals surface area (Å²) in [5.74, 6) is 0. The number of nitrogens with zero attached hydrogens (tertiary/aromatic N) is 1. The summed E-state index contributed by atoms with van der Waals surface area (Å²) in [6.45, 7) is 4.67. The first-order valence-electron chi connectivity index (χ1n) is 8.19. The fourth-order valence-corrected chi connectivity index (χ4v) is 2.21. The zero-order valence-electron chi connectivity index (χ0n) is 15.2. The predicted octanol–water partition coefficient (Wildman–Crippen LogP) is 5.04. The van der Waals surface area contributed by atoms with E-state index in [1.54, 1.807) is 18.2 Å². The van der Waals surface area contributed by atoms with Crippen LogP contribution in [-0.4, -0.2) is 36.9 Å². The van der Waals surface area contributed by atoms with E-state index >= 15 is 0 Å². The van der Waals surface area contributed by atoms with Crippen molar-refractivity contribution in [3.63, 3.8) is 0 Å². The van der Waals surface area contributed by atoms with Crippen LogP contribution in [0, 0.1) is 0 Å². The molecule has 0 fully saturated rings. The van der Waals surface area contributed by atoms with Gasteiger partial charge in [0.2, 0.25) is 0 Å². The van der Waals surface area contributed by atoms with Crippen molar-refractivity contribution in [2.75, 3.05) is 20.6 Å². The van der Waals surface area contributed by atoms with Crippen LogP contribution in [-0.2, 0) is 11.2 Å². The Hall–Kier alpha value is -1.39. The van der Waals surface area contributed by atoms with Crippen LogP contribution in [0.3, 0.4) is 0 Å². The van der Waals surface area contributed by atoms with Crippen molar-refractivity contribution in [3.05, 3.63) is 69.7 Å². The molecule has 0 saturated carbocycles. The lowest BCUT2D eigenvalue weighted by Crippen LogP contribution is -2.19. The van der Waals surface area contributed by atoms with Crippen LogP contribution in [0.1, 0.15) is 31.1 Å². The van der Waals surface area contributed by atoms with Gasteiger partial charge in [-0.05, 0) is 37.4 Å². The fraction of sp³-hybridized carbons (Fsp3) is 0.350. The number of aliphatic hydroxyl groups excluding tert-OH is 1. The van der Waals surface area contributed by atoms with Crippen LogP contribution in [0.5, 0.6) is 0 Å². The largest absolute Gasteiger partial charge is 0.387 e. The highest BCUT2D eigenvalue weighted by molar-refractivity contribution is 6.42. The normalized spacial score (nSPS) is 10.9. The number of hydrogen-bond donors (Lipinski definition) is 1. The zero-order chi connectivity index (χ0) is 19.2. The average molecular weight is 384 g/mol. The van der Waals surface area contributed by atoms with Gasteiger partial charge in [-0.1, -0.05) is 73.4 Å². The highest BCUT2D eigenvalue weighted by Gasteiger charge is 2.06. The molecular weight excluding hydrogens is 357 g/mol. The lowest BCUT2D eigenvalue weighted by atomic mass is 10.1. The first kappa shape index (κ1) is 23.6. The van der Waals surface area contributed by atoms with Crippen LogP contribution < -0.4 is 0 Å². The number of hydrogen-bond acceptors (Lipinski definition) is 3. The Bertz CT molecular complexity index is 604. The molecule has 2 rings (SSSR count). The van der Waals surface area contributed by atoms with Crippen molar-refractivity contribution >= 4 is 29.5 Å². The van der Waals surface area contributed by atoms with Crippen LogP contribution in [0.4, 0.5) is 0 Å². The van der Waals surface area contributed by atoms with Gasteiger partial charge < -0.3 is 14.8 Å². The monoisotopic (exact) mass is 383 g/mol. The molecule has 2 aromatic carbocycles. The third kappa shape index (κ3) is 10.3. The summed E-state index contributed by atoms with van der Waals surface area (Å²) >= 11 is 11.4. The Morgan fingerprint density at radius 1 is 1.04 bits per heavy atom. The van der Waals surface area contributed by atoms with Crippen LogP contribution >= 0.6 is 23.2 Å². The second-order valence-electron chi connectivity index (χ2n) is 5.31. The number of aldehydes is 1. The van der Waals surface area contributed by atoms with Gasteiger partial charge in [0, 0.05) is 13.0 Å². The molecule has 138 valence electrons. The SMILES string of the molecule is CC.CN(C)CC(O)c1ccccc1.O=CCc1ccc(Cl)c(Cl)c1. The number of benzene rings is 2. The molecule has 1 atom stereocenters. The van der Waals surface area contributed by atoms with Gasteiger partial charge in [0.15, 0.2) is 0 Å². The predicted molar refractivity (Wildman–Crippen MR) is 108 cm³/mol. The highest BCUT2D eigenvalue weighted by atomic mass is 35.5. The second kappa shape index (κ2) is 13.9. The smallest absolute Gasteiger partial charge is 0.124 e. The lowest BCUT2D eigenvalue weighted by molar-refractivity contribution is -0.107. The molecule has 0 aliphatic heterocycles. The minimum atomic E-state index is -0.374. The molecule has 3 nitrogen and oxygen atoms in total. The molecule has 0 aromatic heterocycles. The van der Waals surface area contributed by atoms with Gasteiger partial charge >= 0.3 is 0 Å². The number of halogens is 2. The molecule has 5 heteroatoms. The van der Waals surface area contributed by atoms with Crippen molar-refractivity contribution in [1.29, 1.82) is 0 Å². The van der Waals surface area contributed by atoms with Crippen LogP contribution in [0.2, 0.25) is 10.0 Å². The maximum absolute atomic E-state index is 10.1. The number of carbonyl (C=O) groups excluding carboxylic acids is 1. The van der Waals surface area contributed by atoms with Gasteiger partial charge in [0.05, 0.1) is 16.1 Å². The fourth-order valence-electron chi connectivity index (χ4n) is 1.89. The molecule has 0 amide bonds. The van der Waals surface area contributed by atoms with Crippen LogP contribution in [0.15, 0.2) is 48.5 Å². The number of likely N-dealkylation sites (N-methyl/N-ethyl adjacent to an activating group) is 1. The molecule has 1 N–H and O–H groups in total. The molecule has 2 aromatic rings. The van der Waals surface area contributed by atoms with E-state index in [2.05, 4.69) is 0 Å². The maximum atomic E-state index is 10.1. The van der Waals surface area contributed by atoms with Crippen molar-refractivity contribution in [2.24, 2.45) is 0 Å². The Morgan fingerprint density at radius 3 is 2.12 bits per heavy atom. The van der Waals surface area contributed by atoms with Crippen LogP contribution in [0.25, 0.3) is 0 Å². The van der Waals surface area contributed by atoms with Gasteiger partial charge in [-0.3, -0.25) is 0 Å². The first-order valence-corrected chi connectivity index (χ1v) is 8.95. The van der Waals surface area contributed by atoms with E-state index in [0.29, 0.717) is 23.0 Å². The Kier molecular flexibility index (Phi) is 13.1. The Labute approximate surface area is 161 Å². The zero-order valence-corrected chi connectivity index (χ0v) is 16.8. The summed E-state index contributed by atoms with van der Waals surface area (Å²) in [4.78, 5) is 12.1. The van der Waals surface area contributed by atoms with E-state index in [1.807, 2.05) is 63.2 Å². The molecule has 25 heavy (non-hydrogen) atoms. The second-order valence-corrected chi connectivity index (χ2v) is 6.12. The minimum absolute atomic E-state index is 0.374. The summed E-state index contributed by atoms with van der Waals surface area (Å²) in [6.07, 6.45) is 0.845. The Morgan fingerprint density at radius 2 is 1.64 bits per heavy atom. The van der Waals surface area contributed by atoms with Gasteiger partial charge in [-0.15, -0.1) is 0 Å². The minimum Gasteiger partial charge on any atom is -0.387 e. The summed E-state index contributed by atoms with van der Waals surface area (Å²) < 4.78 is 0. The Balaban J connectivity index is 0.000000421. The summed E-state index contributed by atoms with van der Waals surface area (Å²) in [6, 6.07) is 14.9. The number of carbonyl (C=O) groups is 1. The lowest BCUT2D eigenvalue weighted by Gasteiger charge is -2.15. The van der Waals surface area contributed by atoms with Gasteiger partial charge in [0.25, 0.3) is 0 Å². The van der Waals surface area contributed by atoms with Crippen molar-refractivity contribution in [3.8, 4) is 0 Å². The highest BCUT2D eigenvalue weighted by Crippen LogP contribution is 2.22. The molecule has 0 saturated heterocycles. The van der Waals surface area contributed by atoms with Gasteiger partial charge in [0.1, 0.15) is 6.29 Å². The van der Waals surface area contributed by atoms with E-state index < -0.39 is 0 Å². The van der Waals surface area contributed by atoms with Crippen molar-refractivity contribution < 1.29 is 9.90 Å². The third-order valence-electron chi connectivity index (χ3n) is 3.03. The standard InChI is InChI=1S/C10H15NO.C8H6Cl2O.C2H6/c1-11(2)8-10(12)9-6-4-3-5-7-9;9-7-2-1-6(3-4-11)5-8(7)10;1-2/h3-7,10,12H,8H2,1-2H3;1-2,4-5H,3H2;1-2H3. The van der Waals surface area contributed by atoms with E-state index in [-0.39, 0.29) is 6.10 Å². The molecular formula is C20H27Cl2NO2. The van der Waals surface area contributed by atoms with Gasteiger partial charge in [-0.25, -0.2) is 0 Å². The summed E-state index contributed by atoms with van der Waals surface area (Å²) in [5.41, 5.74) is 1.86. The summed E-state index contributed by atoms with van der Waals surface area (Å²) in [7, 11) is 3.90. The maximum Gasteiger partial charge on any atom is 0.124 e. The third-order valence-corrected chi connectivity index (χ3v) is 3.76. The molecule has 0 radical (unpaired) electrons. The molecule has 0 aliphatic rings. The molecule has 1 unspecified atom stereocenters. The number of rotatable bonds is 5. The van der Waals surface area contributed by atoms with E-state index in [1.165, 1.54) is 0 Å². The summed E-state index contributed by atoms with van der Waals surface area (Å²) in [5, 5.41) is 10.7. The molecule has 0 aliphatic carbocycles. The first-order chi connectivity index (χ1) is 11.9. The molecule has 0 heterocycles. The van der Waals surface area contributed by atoms with E-state index in [4.69, 9.17) is 23.2 Å². The topological polar surface area (TPSA) is 40.5 Å². The van der Waals surface area contributed by atoms with E-state index in [9.17, 15) is 9.90 Å². The van der Waals surface area contributed by atoms with Crippen molar-refractivity contribution in [1.82, 2.24) is 4.90 Å². The van der Waals surface area contributed by atoms with Crippen molar-refractivity contribution in [2.45, 2.75) is 26.4 Å². The molecule has 0 bridgehead atoms. The average Bonchev–Trinajstić information content (AvgIpc) is 2.61. The quantitative estimate of drug-likeness (QED) is 0.734. The van der Waals surface area contributed by atoms with E-state index in [0.717, 1.165) is 17.4 Å². The van der Waals surface area contributed by atoms with Gasteiger partial charge in [-0.2, -0.15) is 0 Å².